The minimum Gasteiger partial charge on any atom is -0.396 e. The fraction of sp³-hybridized carbons (Fsp3) is 0.778. The molecule has 1 aromatic heterocycles. The first kappa shape index (κ1) is 19.5. The van der Waals surface area contributed by atoms with Crippen LogP contribution in [0.1, 0.15) is 41.6 Å². The van der Waals surface area contributed by atoms with Gasteiger partial charge in [0.05, 0.1) is 31.6 Å². The molecule has 7 nitrogen and oxygen atoms in total. The van der Waals surface area contributed by atoms with Crippen LogP contribution in [0.2, 0.25) is 0 Å². The Bertz CT molecular complexity index is 632. The van der Waals surface area contributed by atoms with Gasteiger partial charge >= 0.3 is 0 Å². The summed E-state index contributed by atoms with van der Waals surface area (Å²) in [4.78, 5) is 22.3. The summed E-state index contributed by atoms with van der Waals surface area (Å²) >= 11 is 1.43. The highest BCUT2D eigenvalue weighted by atomic mass is 32.1. The minimum absolute atomic E-state index is 0.0414. The fourth-order valence-corrected chi connectivity index (χ4v) is 5.00. The van der Waals surface area contributed by atoms with Gasteiger partial charge < -0.3 is 24.7 Å². The van der Waals surface area contributed by atoms with E-state index in [4.69, 9.17) is 4.74 Å². The van der Waals surface area contributed by atoms with Crippen molar-refractivity contribution in [1.82, 2.24) is 9.88 Å². The molecule has 3 rings (SSSR count). The second kappa shape index (κ2) is 8.21. The molecule has 2 saturated heterocycles. The van der Waals surface area contributed by atoms with Gasteiger partial charge in [0, 0.05) is 31.6 Å². The van der Waals surface area contributed by atoms with Crippen LogP contribution in [-0.2, 0) is 4.74 Å². The first-order chi connectivity index (χ1) is 12.5. The average Bonchev–Trinajstić information content (AvgIpc) is 3.05. The maximum absolute atomic E-state index is 13.1. The predicted molar refractivity (Wildman–Crippen MR) is 101 cm³/mol. The number of ether oxygens (including phenoxy) is 1. The summed E-state index contributed by atoms with van der Waals surface area (Å²) in [5, 5.41) is 21.2. The van der Waals surface area contributed by atoms with Gasteiger partial charge in [-0.1, -0.05) is 24.7 Å². The standard InChI is InChI=1S/C18H29N3O4S/c1-3-5-18(12-22)11-21(6-4-14(18)23)16(24)15-13(2)19-17(26-15)20-7-9-25-10-8-20/h14,22-23H,3-12H2,1-2H3/t14-,18+/m1/s1. The molecule has 2 fully saturated rings. The number of anilines is 1. The molecule has 2 atom stereocenters. The third-order valence-electron chi connectivity index (χ3n) is 5.50. The molecule has 2 aliphatic heterocycles. The third-order valence-corrected chi connectivity index (χ3v) is 6.70. The van der Waals surface area contributed by atoms with Crippen LogP contribution >= 0.6 is 11.3 Å². The van der Waals surface area contributed by atoms with Crippen LogP contribution in [0.15, 0.2) is 0 Å². The van der Waals surface area contributed by atoms with E-state index in [9.17, 15) is 15.0 Å². The number of likely N-dealkylation sites (tertiary alicyclic amines) is 1. The number of nitrogens with zero attached hydrogens (tertiary/aromatic N) is 3. The molecule has 1 aromatic rings. The lowest BCUT2D eigenvalue weighted by Gasteiger charge is -2.45. The highest BCUT2D eigenvalue weighted by Gasteiger charge is 2.43. The third kappa shape index (κ3) is 3.74. The van der Waals surface area contributed by atoms with Crippen molar-refractivity contribution in [2.75, 3.05) is 50.9 Å². The number of carbonyl (C=O) groups is 1. The molecule has 146 valence electrons. The number of amides is 1. The Morgan fingerprint density at radius 2 is 2.12 bits per heavy atom. The number of aliphatic hydroxyl groups is 2. The van der Waals surface area contributed by atoms with E-state index in [1.165, 1.54) is 11.3 Å². The smallest absolute Gasteiger partial charge is 0.265 e. The summed E-state index contributed by atoms with van der Waals surface area (Å²) in [5.41, 5.74) is 0.131. The quantitative estimate of drug-likeness (QED) is 0.797. The molecular formula is C18H29N3O4S. The zero-order valence-corrected chi connectivity index (χ0v) is 16.4. The zero-order valence-electron chi connectivity index (χ0n) is 15.6. The second-order valence-electron chi connectivity index (χ2n) is 7.31. The van der Waals surface area contributed by atoms with Crippen LogP contribution in [0, 0.1) is 12.3 Å². The van der Waals surface area contributed by atoms with Crippen LogP contribution in [0.25, 0.3) is 0 Å². The number of carbonyl (C=O) groups excluding carboxylic acids is 1. The van der Waals surface area contributed by atoms with Crippen LogP contribution in [0.4, 0.5) is 5.13 Å². The fourth-order valence-electron chi connectivity index (χ4n) is 3.91. The van der Waals surface area contributed by atoms with E-state index in [0.717, 1.165) is 30.3 Å². The lowest BCUT2D eigenvalue weighted by molar-refractivity contribution is -0.0719. The topological polar surface area (TPSA) is 86.1 Å². The number of aliphatic hydroxyl groups excluding tert-OH is 2. The minimum atomic E-state index is -0.617. The lowest BCUT2D eigenvalue weighted by Crippen LogP contribution is -2.55. The Morgan fingerprint density at radius 1 is 1.38 bits per heavy atom. The molecule has 0 aliphatic carbocycles. The number of aryl methyl sites for hydroxylation is 1. The Morgan fingerprint density at radius 3 is 2.77 bits per heavy atom. The molecule has 0 aromatic carbocycles. The number of aromatic nitrogens is 1. The zero-order chi connectivity index (χ0) is 18.7. The van der Waals surface area contributed by atoms with E-state index in [0.29, 0.717) is 44.0 Å². The summed E-state index contributed by atoms with van der Waals surface area (Å²) in [6.45, 7) is 7.65. The maximum Gasteiger partial charge on any atom is 0.265 e. The normalized spacial score (nSPS) is 27.0. The van der Waals surface area contributed by atoms with Crippen LogP contribution in [0.5, 0.6) is 0 Å². The van der Waals surface area contributed by atoms with Crippen molar-refractivity contribution in [2.45, 2.75) is 39.2 Å². The van der Waals surface area contributed by atoms with Gasteiger partial charge in [-0.25, -0.2) is 4.98 Å². The molecule has 2 aliphatic rings. The van der Waals surface area contributed by atoms with Gasteiger partial charge in [-0.2, -0.15) is 0 Å². The molecule has 8 heteroatoms. The van der Waals surface area contributed by atoms with Crippen molar-refractivity contribution in [1.29, 1.82) is 0 Å². The van der Waals surface area contributed by atoms with Crippen LogP contribution < -0.4 is 4.90 Å². The second-order valence-corrected chi connectivity index (χ2v) is 8.29. The highest BCUT2D eigenvalue weighted by molar-refractivity contribution is 7.17. The van der Waals surface area contributed by atoms with Crippen molar-refractivity contribution in [3.63, 3.8) is 0 Å². The Kier molecular flexibility index (Phi) is 6.17. The van der Waals surface area contributed by atoms with Crippen LogP contribution in [-0.4, -0.2) is 78.1 Å². The molecule has 0 unspecified atom stereocenters. The predicted octanol–water partition coefficient (Wildman–Crippen LogP) is 1.27. The van der Waals surface area contributed by atoms with E-state index in [1.807, 2.05) is 13.8 Å². The molecule has 26 heavy (non-hydrogen) atoms. The Labute approximate surface area is 158 Å². The van der Waals surface area contributed by atoms with Gasteiger partial charge in [0.2, 0.25) is 0 Å². The molecular weight excluding hydrogens is 354 g/mol. The Balaban J connectivity index is 1.77. The van der Waals surface area contributed by atoms with Crippen molar-refractivity contribution in [2.24, 2.45) is 5.41 Å². The largest absolute Gasteiger partial charge is 0.396 e. The van der Waals surface area contributed by atoms with Gasteiger partial charge in [0.25, 0.3) is 5.91 Å². The molecule has 2 N–H and O–H groups in total. The summed E-state index contributed by atoms with van der Waals surface area (Å²) in [7, 11) is 0. The number of piperidine rings is 1. The van der Waals surface area contributed by atoms with Gasteiger partial charge in [-0.15, -0.1) is 0 Å². The monoisotopic (exact) mass is 383 g/mol. The van der Waals surface area contributed by atoms with Crippen molar-refractivity contribution in [3.05, 3.63) is 10.6 Å². The number of thiazole rings is 1. The van der Waals surface area contributed by atoms with Gasteiger partial charge in [0.15, 0.2) is 5.13 Å². The summed E-state index contributed by atoms with van der Waals surface area (Å²) in [5.74, 6) is -0.0414. The van der Waals surface area contributed by atoms with E-state index in [1.54, 1.807) is 4.90 Å². The SMILES string of the molecule is CCC[C@@]1(CO)CN(C(=O)c2sc(N3CCOCC3)nc2C)CC[C@H]1O. The summed E-state index contributed by atoms with van der Waals surface area (Å²) < 4.78 is 5.38. The molecule has 0 bridgehead atoms. The van der Waals surface area contributed by atoms with Crippen molar-refractivity contribution >= 4 is 22.4 Å². The number of rotatable bonds is 5. The number of morpholine rings is 1. The average molecular weight is 384 g/mol. The van der Waals surface area contributed by atoms with Gasteiger partial charge in [-0.3, -0.25) is 4.79 Å². The van der Waals surface area contributed by atoms with Gasteiger partial charge in [0.1, 0.15) is 4.88 Å². The van der Waals surface area contributed by atoms with Crippen molar-refractivity contribution in [3.8, 4) is 0 Å². The van der Waals surface area contributed by atoms with Crippen molar-refractivity contribution < 1.29 is 19.7 Å². The van der Waals surface area contributed by atoms with E-state index < -0.39 is 11.5 Å². The number of hydrogen-bond acceptors (Lipinski definition) is 7. The first-order valence-electron chi connectivity index (χ1n) is 9.39. The van der Waals surface area contributed by atoms with E-state index in [-0.39, 0.29) is 12.5 Å². The molecule has 0 saturated carbocycles. The van der Waals surface area contributed by atoms with E-state index in [2.05, 4.69) is 9.88 Å². The Hall–Kier alpha value is -1.22. The van der Waals surface area contributed by atoms with Gasteiger partial charge in [-0.05, 0) is 19.8 Å². The first-order valence-corrected chi connectivity index (χ1v) is 10.2. The molecule has 0 radical (unpaired) electrons. The summed E-state index contributed by atoms with van der Waals surface area (Å²) in [6.07, 6.45) is 1.50. The maximum atomic E-state index is 13.1. The molecule has 3 heterocycles. The molecule has 0 spiro atoms. The van der Waals surface area contributed by atoms with E-state index >= 15 is 0 Å². The summed E-state index contributed by atoms with van der Waals surface area (Å²) in [6, 6.07) is 0. The van der Waals surface area contributed by atoms with Crippen LogP contribution in [0.3, 0.4) is 0 Å². The highest BCUT2D eigenvalue weighted by Crippen LogP contribution is 2.36. The lowest BCUT2D eigenvalue weighted by atomic mass is 9.74. The molecule has 1 amide bonds. The number of hydrogen-bond donors (Lipinski definition) is 2.